The first-order valence-corrected chi connectivity index (χ1v) is 8.73. The van der Waals surface area contributed by atoms with Crippen molar-refractivity contribution in [2.45, 2.75) is 31.6 Å². The highest BCUT2D eigenvalue weighted by Crippen LogP contribution is 2.42. The molecule has 0 saturated heterocycles. The lowest BCUT2D eigenvalue weighted by atomic mass is 9.78. The van der Waals surface area contributed by atoms with Crippen LogP contribution in [0.25, 0.3) is 10.9 Å². The first-order valence-electron chi connectivity index (χ1n) is 8.73. The van der Waals surface area contributed by atoms with Gasteiger partial charge >= 0.3 is 0 Å². The van der Waals surface area contributed by atoms with Crippen LogP contribution in [0.15, 0.2) is 61.1 Å². The summed E-state index contributed by atoms with van der Waals surface area (Å²) in [6.45, 7) is 4.33. The summed E-state index contributed by atoms with van der Waals surface area (Å²) in [5.74, 6) is 1.02. The molecule has 3 atom stereocenters. The Labute approximate surface area is 151 Å². The minimum absolute atomic E-state index is 0.0274. The van der Waals surface area contributed by atoms with E-state index in [2.05, 4.69) is 50.3 Å². The predicted octanol–water partition coefficient (Wildman–Crippen LogP) is 3.83. The number of hydrogen-bond donors (Lipinski definition) is 1. The van der Waals surface area contributed by atoms with Gasteiger partial charge in [0.25, 0.3) is 0 Å². The van der Waals surface area contributed by atoms with Gasteiger partial charge in [-0.05, 0) is 24.3 Å². The van der Waals surface area contributed by atoms with E-state index in [1.165, 1.54) is 0 Å². The van der Waals surface area contributed by atoms with Gasteiger partial charge in [-0.3, -0.25) is 5.10 Å². The maximum absolute atomic E-state index is 4.60. The Kier molecular flexibility index (Phi) is 4.39. The van der Waals surface area contributed by atoms with Gasteiger partial charge in [0.2, 0.25) is 0 Å². The number of fused-ring (bicyclic) bond motifs is 1. The summed E-state index contributed by atoms with van der Waals surface area (Å²) in [7, 11) is 0. The summed E-state index contributed by atoms with van der Waals surface area (Å²) in [5, 5.41) is 17.2. The Bertz CT molecular complexity index is 983. The van der Waals surface area contributed by atoms with Crippen molar-refractivity contribution in [1.82, 2.24) is 30.4 Å². The molecule has 130 valence electrons. The van der Waals surface area contributed by atoms with Gasteiger partial charge in [0, 0.05) is 41.7 Å². The molecule has 0 radical (unpaired) electrons. The van der Waals surface area contributed by atoms with Crippen molar-refractivity contribution in [3.05, 3.63) is 78.3 Å². The largest absolute Gasteiger partial charge is 0.278 e. The molecule has 0 aliphatic carbocycles. The number of aromatic amines is 1. The van der Waals surface area contributed by atoms with E-state index < -0.39 is 0 Å². The summed E-state index contributed by atoms with van der Waals surface area (Å²) >= 11 is 0. The first kappa shape index (κ1) is 16.3. The number of aromatic nitrogens is 6. The van der Waals surface area contributed by atoms with Crippen LogP contribution in [0.4, 0.5) is 0 Å². The number of rotatable bonds is 5. The number of H-pyrrole nitrogens is 1. The maximum atomic E-state index is 4.60. The lowest BCUT2D eigenvalue weighted by Crippen LogP contribution is -2.19. The quantitative estimate of drug-likeness (QED) is 0.595. The van der Waals surface area contributed by atoms with Crippen LogP contribution in [-0.2, 0) is 0 Å². The second-order valence-corrected chi connectivity index (χ2v) is 6.51. The van der Waals surface area contributed by atoms with Crippen LogP contribution in [0.2, 0.25) is 0 Å². The van der Waals surface area contributed by atoms with Crippen LogP contribution in [0.5, 0.6) is 0 Å². The van der Waals surface area contributed by atoms with Crippen molar-refractivity contribution in [3.8, 4) is 0 Å². The fourth-order valence-electron chi connectivity index (χ4n) is 3.61. The molecule has 0 bridgehead atoms. The molecule has 1 N–H and O–H groups in total. The van der Waals surface area contributed by atoms with Crippen LogP contribution < -0.4 is 0 Å². The summed E-state index contributed by atoms with van der Waals surface area (Å²) in [6.07, 6.45) is 5.26. The zero-order valence-corrected chi connectivity index (χ0v) is 14.7. The molecule has 6 nitrogen and oxygen atoms in total. The van der Waals surface area contributed by atoms with Gasteiger partial charge in [-0.25, -0.2) is 9.97 Å². The van der Waals surface area contributed by atoms with Crippen molar-refractivity contribution in [1.29, 1.82) is 0 Å². The van der Waals surface area contributed by atoms with Crippen molar-refractivity contribution < 1.29 is 0 Å². The molecule has 0 spiro atoms. The highest BCUT2D eigenvalue weighted by atomic mass is 15.1. The molecule has 1 aromatic carbocycles. The van der Waals surface area contributed by atoms with Gasteiger partial charge in [-0.15, -0.1) is 0 Å². The molecule has 0 saturated carbocycles. The van der Waals surface area contributed by atoms with Gasteiger partial charge in [0.05, 0.1) is 16.9 Å². The Balaban J connectivity index is 1.80. The lowest BCUT2D eigenvalue weighted by molar-refractivity contribution is 0.458. The van der Waals surface area contributed by atoms with Crippen molar-refractivity contribution in [3.63, 3.8) is 0 Å². The SMILES string of the molecule is CC(c1cccnn1)C(c1ncccn1)C(C)c1n[nH]c2ccccc12. The molecule has 4 rings (SSSR count). The first-order chi connectivity index (χ1) is 12.8. The number of para-hydroxylation sites is 1. The lowest BCUT2D eigenvalue weighted by Gasteiger charge is -2.27. The van der Waals surface area contributed by atoms with Crippen molar-refractivity contribution in [2.75, 3.05) is 0 Å². The fraction of sp³-hybridized carbons (Fsp3) is 0.250. The third kappa shape index (κ3) is 2.94. The van der Waals surface area contributed by atoms with Crippen LogP contribution in [0, 0.1) is 0 Å². The van der Waals surface area contributed by atoms with Crippen LogP contribution in [-0.4, -0.2) is 30.4 Å². The standard InChI is InChI=1S/C20H20N6/c1-13(16-9-5-12-23-24-16)18(20-21-10-6-11-22-20)14(2)19-15-7-3-4-8-17(15)25-26-19/h3-14,18H,1-2H3,(H,25,26). The summed E-state index contributed by atoms with van der Waals surface area (Å²) in [6, 6.07) is 13.9. The second kappa shape index (κ2) is 7.00. The van der Waals surface area contributed by atoms with E-state index in [9.17, 15) is 0 Å². The number of nitrogens with one attached hydrogen (secondary N) is 1. The van der Waals surface area contributed by atoms with E-state index in [0.29, 0.717) is 0 Å². The van der Waals surface area contributed by atoms with Crippen molar-refractivity contribution in [2.24, 2.45) is 0 Å². The van der Waals surface area contributed by atoms with E-state index >= 15 is 0 Å². The molecule has 0 fully saturated rings. The monoisotopic (exact) mass is 344 g/mol. The summed E-state index contributed by atoms with van der Waals surface area (Å²) < 4.78 is 0. The molecule has 26 heavy (non-hydrogen) atoms. The van der Waals surface area contributed by atoms with Gasteiger partial charge in [-0.2, -0.15) is 15.3 Å². The third-order valence-corrected chi connectivity index (χ3v) is 4.95. The smallest absolute Gasteiger partial charge is 0.132 e. The summed E-state index contributed by atoms with van der Waals surface area (Å²) in [4.78, 5) is 9.08. The second-order valence-electron chi connectivity index (χ2n) is 6.51. The van der Waals surface area contributed by atoms with Gasteiger partial charge in [-0.1, -0.05) is 32.0 Å². The Morgan fingerprint density at radius 2 is 1.65 bits per heavy atom. The minimum Gasteiger partial charge on any atom is -0.278 e. The topological polar surface area (TPSA) is 80.2 Å². The molecular formula is C20H20N6. The maximum Gasteiger partial charge on any atom is 0.132 e. The van der Waals surface area contributed by atoms with E-state index in [-0.39, 0.29) is 17.8 Å². The molecule has 3 unspecified atom stereocenters. The third-order valence-electron chi connectivity index (χ3n) is 4.95. The van der Waals surface area contributed by atoms with Crippen LogP contribution in [0.1, 0.15) is 48.8 Å². The van der Waals surface area contributed by atoms with E-state index in [4.69, 9.17) is 0 Å². The van der Waals surface area contributed by atoms with Gasteiger partial charge < -0.3 is 0 Å². The van der Waals surface area contributed by atoms with Crippen molar-refractivity contribution >= 4 is 10.9 Å². The minimum atomic E-state index is 0.0274. The normalized spacial score (nSPS) is 14.8. The molecule has 3 aromatic heterocycles. The molecule has 0 amide bonds. The fourth-order valence-corrected chi connectivity index (χ4v) is 3.61. The zero-order valence-electron chi connectivity index (χ0n) is 14.7. The van der Waals surface area contributed by atoms with Crippen LogP contribution >= 0.6 is 0 Å². The van der Waals surface area contributed by atoms with E-state index in [0.717, 1.165) is 28.1 Å². The Morgan fingerprint density at radius 3 is 2.42 bits per heavy atom. The van der Waals surface area contributed by atoms with Crippen LogP contribution in [0.3, 0.4) is 0 Å². The Hall–Kier alpha value is -3.15. The molecule has 4 aromatic rings. The summed E-state index contributed by atoms with van der Waals surface area (Å²) in [5.41, 5.74) is 2.99. The zero-order chi connectivity index (χ0) is 17.9. The average molecular weight is 344 g/mol. The van der Waals surface area contributed by atoms with E-state index in [1.54, 1.807) is 18.6 Å². The number of benzene rings is 1. The molecule has 3 heterocycles. The highest BCUT2D eigenvalue weighted by molar-refractivity contribution is 5.81. The Morgan fingerprint density at radius 1 is 0.846 bits per heavy atom. The van der Waals surface area contributed by atoms with E-state index in [1.807, 2.05) is 36.4 Å². The van der Waals surface area contributed by atoms with Gasteiger partial charge in [0.15, 0.2) is 0 Å². The molecule has 0 aliphatic rings. The predicted molar refractivity (Wildman–Crippen MR) is 99.7 cm³/mol. The molecule has 0 aliphatic heterocycles. The number of hydrogen-bond acceptors (Lipinski definition) is 5. The molecular weight excluding hydrogens is 324 g/mol. The number of nitrogens with zero attached hydrogens (tertiary/aromatic N) is 5. The average Bonchev–Trinajstić information content (AvgIpc) is 3.14. The highest BCUT2D eigenvalue weighted by Gasteiger charge is 2.32. The molecule has 6 heteroatoms. The van der Waals surface area contributed by atoms with Gasteiger partial charge in [0.1, 0.15) is 5.82 Å².